The molecule has 1 aliphatic carbocycles. The van der Waals surface area contributed by atoms with Crippen LogP contribution in [0.1, 0.15) is 51.3 Å². The average molecular weight is 548 g/mol. The Balaban J connectivity index is 1.36. The number of ether oxygens (including phenoxy) is 2. The molecule has 5 rings (SSSR count). The maximum absolute atomic E-state index is 13.4. The Morgan fingerprint density at radius 1 is 1.05 bits per heavy atom. The van der Waals surface area contributed by atoms with Crippen LogP contribution in [0.5, 0.6) is 11.5 Å². The van der Waals surface area contributed by atoms with Gasteiger partial charge >= 0.3 is 6.29 Å². The minimum Gasteiger partial charge on any atom is -0.395 e. The predicted octanol–water partition coefficient (Wildman–Crippen LogP) is 4.87. The lowest BCUT2D eigenvalue weighted by Gasteiger charge is -2.22. The Labute approximate surface area is 220 Å². The van der Waals surface area contributed by atoms with Gasteiger partial charge in [-0.2, -0.15) is 0 Å². The van der Waals surface area contributed by atoms with Gasteiger partial charge in [-0.05, 0) is 61.2 Å². The Bertz CT molecular complexity index is 1520. The van der Waals surface area contributed by atoms with Crippen molar-refractivity contribution in [2.75, 3.05) is 18.1 Å². The number of hydrogen-bond donors (Lipinski definition) is 2. The molecule has 1 aromatic heterocycles. The summed E-state index contributed by atoms with van der Waals surface area (Å²) in [6, 6.07) is 12.3. The highest BCUT2D eigenvalue weighted by atomic mass is 32.2. The largest absolute Gasteiger partial charge is 0.586 e. The van der Waals surface area contributed by atoms with Gasteiger partial charge in [-0.3, -0.25) is 4.79 Å². The molecule has 3 aromatic rings. The third-order valence-electron chi connectivity index (χ3n) is 6.99. The number of aromatic nitrogens is 1. The van der Waals surface area contributed by atoms with E-state index in [0.29, 0.717) is 43.6 Å². The fourth-order valence-corrected chi connectivity index (χ4v) is 5.49. The third-order valence-corrected chi connectivity index (χ3v) is 7.72. The number of nitrogens with zero attached hydrogens (tertiary/aromatic N) is 1. The van der Waals surface area contributed by atoms with Gasteiger partial charge in [0.05, 0.1) is 11.7 Å². The fourth-order valence-electron chi connectivity index (χ4n) is 4.97. The number of fused-ring (bicyclic) bond motifs is 2. The first kappa shape index (κ1) is 26.4. The van der Waals surface area contributed by atoms with E-state index in [0.717, 1.165) is 22.9 Å². The first-order chi connectivity index (χ1) is 17.7. The molecule has 11 heteroatoms. The quantitative estimate of drug-likeness (QED) is 0.392. The van der Waals surface area contributed by atoms with Crippen LogP contribution >= 0.6 is 0 Å². The third kappa shape index (κ3) is 5.22. The van der Waals surface area contributed by atoms with Crippen LogP contribution in [0.4, 0.5) is 14.5 Å². The second-order valence-corrected chi connectivity index (χ2v) is 12.9. The van der Waals surface area contributed by atoms with Crippen LogP contribution in [0.3, 0.4) is 0 Å². The Morgan fingerprint density at radius 3 is 2.42 bits per heavy atom. The average Bonchev–Trinajstić information content (AvgIpc) is 3.43. The zero-order chi connectivity index (χ0) is 27.5. The van der Waals surface area contributed by atoms with Gasteiger partial charge in [0.1, 0.15) is 0 Å². The van der Waals surface area contributed by atoms with Gasteiger partial charge in [-0.25, -0.2) is 13.1 Å². The summed E-state index contributed by atoms with van der Waals surface area (Å²) in [5.74, 6) is -0.327. The summed E-state index contributed by atoms with van der Waals surface area (Å²) >= 11 is 0. The van der Waals surface area contributed by atoms with Crippen LogP contribution in [0, 0.1) is 0 Å². The SMILES string of the molecule is CC(C)(C)c1cc2cc(NC(=O)C3(c4ccc5c(c4)OC(F)(F)O5)CC3)ccc2n1CCCNS(C)(=O)=O. The van der Waals surface area contributed by atoms with Crippen LogP contribution in [-0.2, 0) is 32.2 Å². The van der Waals surface area contributed by atoms with Gasteiger partial charge in [-0.1, -0.05) is 26.8 Å². The van der Waals surface area contributed by atoms with Crippen molar-refractivity contribution in [3.63, 3.8) is 0 Å². The smallest absolute Gasteiger partial charge is 0.395 e. The number of carbonyl (C=O) groups is 1. The summed E-state index contributed by atoms with van der Waals surface area (Å²) in [4.78, 5) is 13.4. The first-order valence-electron chi connectivity index (χ1n) is 12.5. The van der Waals surface area contributed by atoms with E-state index in [-0.39, 0.29) is 22.8 Å². The first-order valence-corrected chi connectivity index (χ1v) is 14.4. The molecule has 2 aromatic carbocycles. The standard InChI is InChI=1S/C27H31F2N3O5S/c1-25(2,3)23-15-17-14-19(7-8-20(17)32(23)13-5-12-30-38(4,34)35)31-24(33)26(10-11-26)18-6-9-21-22(16-18)37-27(28,29)36-21/h6-9,14-16,30H,5,10-13H2,1-4H3,(H,31,33). The number of carbonyl (C=O) groups excluding carboxylic acids is 1. The van der Waals surface area contributed by atoms with Crippen LogP contribution in [0.25, 0.3) is 10.9 Å². The number of nitrogens with one attached hydrogen (secondary N) is 2. The summed E-state index contributed by atoms with van der Waals surface area (Å²) in [5, 5.41) is 3.97. The fraction of sp³-hybridized carbons (Fsp3) is 0.444. The van der Waals surface area contributed by atoms with Gasteiger partial charge in [0.15, 0.2) is 11.5 Å². The molecule has 2 heterocycles. The second kappa shape index (κ2) is 8.94. The van der Waals surface area contributed by atoms with E-state index in [2.05, 4.69) is 50.9 Å². The van der Waals surface area contributed by atoms with E-state index in [1.165, 1.54) is 12.1 Å². The maximum Gasteiger partial charge on any atom is 0.586 e. The lowest BCUT2D eigenvalue weighted by atomic mass is 9.92. The zero-order valence-corrected chi connectivity index (χ0v) is 22.5. The van der Waals surface area contributed by atoms with E-state index < -0.39 is 21.7 Å². The van der Waals surface area contributed by atoms with Crippen LogP contribution < -0.4 is 19.5 Å². The van der Waals surface area contributed by atoms with Crippen molar-refractivity contribution in [2.45, 2.75) is 63.7 Å². The minimum absolute atomic E-state index is 0.0494. The van der Waals surface area contributed by atoms with Crippen LogP contribution in [0.15, 0.2) is 42.5 Å². The number of alkyl halides is 2. The van der Waals surface area contributed by atoms with Crippen LogP contribution in [0.2, 0.25) is 0 Å². The van der Waals surface area contributed by atoms with Gasteiger partial charge in [-0.15, -0.1) is 8.78 Å². The maximum atomic E-state index is 13.4. The number of aryl methyl sites for hydroxylation is 1. The number of rotatable bonds is 8. The summed E-state index contributed by atoms with van der Waals surface area (Å²) < 4.78 is 63.5. The topological polar surface area (TPSA) is 98.7 Å². The summed E-state index contributed by atoms with van der Waals surface area (Å²) in [5.41, 5.74) is 2.38. The number of halogens is 2. The van der Waals surface area contributed by atoms with Crippen molar-refractivity contribution in [3.8, 4) is 11.5 Å². The van der Waals surface area contributed by atoms with Gasteiger partial charge in [0, 0.05) is 40.8 Å². The van der Waals surface area contributed by atoms with E-state index >= 15 is 0 Å². The van der Waals surface area contributed by atoms with Gasteiger partial charge in [0.2, 0.25) is 15.9 Å². The molecule has 204 valence electrons. The number of amides is 1. The number of benzene rings is 2. The van der Waals surface area contributed by atoms with Crippen LogP contribution in [-0.4, -0.2) is 38.0 Å². The molecule has 38 heavy (non-hydrogen) atoms. The Morgan fingerprint density at radius 2 is 1.76 bits per heavy atom. The molecule has 2 N–H and O–H groups in total. The van der Waals surface area contributed by atoms with Crippen molar-refractivity contribution in [1.82, 2.24) is 9.29 Å². The summed E-state index contributed by atoms with van der Waals surface area (Å²) in [6.45, 7) is 7.33. The highest BCUT2D eigenvalue weighted by Crippen LogP contribution is 2.52. The normalized spacial score (nSPS) is 17.5. The number of sulfonamides is 1. The minimum atomic E-state index is -3.71. The van der Waals surface area contributed by atoms with Crippen molar-refractivity contribution in [3.05, 3.63) is 53.7 Å². The molecule has 0 bridgehead atoms. The molecular weight excluding hydrogens is 516 g/mol. The molecule has 1 saturated carbocycles. The van der Waals surface area contributed by atoms with E-state index in [1.54, 1.807) is 6.07 Å². The second-order valence-electron chi connectivity index (χ2n) is 11.1. The molecule has 2 aliphatic rings. The lowest BCUT2D eigenvalue weighted by molar-refractivity contribution is -0.286. The molecule has 1 fully saturated rings. The summed E-state index contributed by atoms with van der Waals surface area (Å²) in [7, 11) is -3.24. The van der Waals surface area contributed by atoms with Gasteiger partial charge < -0.3 is 19.4 Å². The Hall–Kier alpha value is -3.18. The van der Waals surface area contributed by atoms with Crippen molar-refractivity contribution in [1.29, 1.82) is 0 Å². The molecule has 1 amide bonds. The molecule has 1 aliphatic heterocycles. The molecular formula is C27H31F2N3O5S. The van der Waals surface area contributed by atoms with Gasteiger partial charge in [0.25, 0.3) is 0 Å². The van der Waals surface area contributed by atoms with E-state index in [1.807, 2.05) is 18.2 Å². The monoisotopic (exact) mass is 547 g/mol. The zero-order valence-electron chi connectivity index (χ0n) is 21.7. The number of anilines is 1. The van der Waals surface area contributed by atoms with E-state index in [4.69, 9.17) is 0 Å². The molecule has 0 spiro atoms. The predicted molar refractivity (Wildman–Crippen MR) is 140 cm³/mol. The lowest BCUT2D eigenvalue weighted by Crippen LogP contribution is -2.27. The molecule has 0 unspecified atom stereocenters. The molecule has 0 saturated heterocycles. The Kier molecular flexibility index (Phi) is 6.22. The van der Waals surface area contributed by atoms with E-state index in [9.17, 15) is 22.0 Å². The molecule has 0 radical (unpaired) electrons. The van der Waals surface area contributed by atoms with Crippen molar-refractivity contribution < 1.29 is 31.5 Å². The van der Waals surface area contributed by atoms with Crippen molar-refractivity contribution in [2.24, 2.45) is 0 Å². The highest BCUT2D eigenvalue weighted by molar-refractivity contribution is 7.88. The molecule has 0 atom stereocenters. The van der Waals surface area contributed by atoms with Crippen molar-refractivity contribution >= 4 is 32.5 Å². The highest BCUT2D eigenvalue weighted by Gasteiger charge is 2.52. The summed E-state index contributed by atoms with van der Waals surface area (Å²) in [6.07, 6.45) is -0.734. The number of hydrogen-bond acceptors (Lipinski definition) is 5. The molecule has 8 nitrogen and oxygen atoms in total.